The Balaban J connectivity index is 0.00000280. The zero-order valence-corrected chi connectivity index (χ0v) is 22.9. The number of aromatic nitrogens is 3. The summed E-state index contributed by atoms with van der Waals surface area (Å²) in [6.07, 6.45) is 5.53. The second-order valence-electron chi connectivity index (χ2n) is 8.66. The van der Waals surface area contributed by atoms with E-state index in [-0.39, 0.29) is 21.1 Å². The summed E-state index contributed by atoms with van der Waals surface area (Å²) in [5.41, 5.74) is 6.60. The van der Waals surface area contributed by atoms with Gasteiger partial charge in [-0.1, -0.05) is 43.5 Å². The van der Waals surface area contributed by atoms with Gasteiger partial charge in [-0.2, -0.15) is 24.3 Å². The van der Waals surface area contributed by atoms with Crippen LogP contribution in [0.4, 0.5) is 0 Å². The molecule has 0 amide bonds. The average Bonchev–Trinajstić information content (AvgIpc) is 3.26. The Hall–Kier alpha value is -3.75. The third-order valence-electron chi connectivity index (χ3n) is 6.57. The number of rotatable bonds is 6. The monoisotopic (exact) mass is 662 g/mol. The first-order valence-corrected chi connectivity index (χ1v) is 12.3. The largest absolute Gasteiger partial charge is 2.00 e. The van der Waals surface area contributed by atoms with Gasteiger partial charge in [0.1, 0.15) is 5.82 Å². The van der Waals surface area contributed by atoms with Gasteiger partial charge in [-0.05, 0) is 53.1 Å². The molecule has 0 aliphatic heterocycles. The van der Waals surface area contributed by atoms with Gasteiger partial charge in [0, 0.05) is 29.7 Å². The van der Waals surface area contributed by atoms with E-state index in [1.807, 2.05) is 42.6 Å². The Morgan fingerprint density at radius 1 is 0.730 bits per heavy atom. The summed E-state index contributed by atoms with van der Waals surface area (Å²) in [7, 11) is 0. The zero-order valence-electron chi connectivity index (χ0n) is 20.6. The molecule has 0 aliphatic carbocycles. The van der Waals surface area contributed by atoms with Crippen LogP contribution in [-0.2, 0) is 33.9 Å². The van der Waals surface area contributed by atoms with Gasteiger partial charge in [0.15, 0.2) is 0 Å². The third-order valence-corrected chi connectivity index (χ3v) is 6.57. The summed E-state index contributed by atoms with van der Waals surface area (Å²) in [6, 6.07) is 33.5. The first kappa shape index (κ1) is 24.9. The molecule has 37 heavy (non-hydrogen) atoms. The van der Waals surface area contributed by atoms with Crippen molar-refractivity contribution >= 4 is 21.8 Å². The Bertz CT molecular complexity index is 1690. The number of fused-ring (bicyclic) bond motifs is 3. The number of hydrogen-bond donors (Lipinski definition) is 0. The maximum atomic E-state index is 5.93. The molecule has 0 radical (unpaired) electrons. The van der Waals surface area contributed by atoms with Crippen molar-refractivity contribution in [3.05, 3.63) is 115 Å². The van der Waals surface area contributed by atoms with Crippen LogP contribution in [0, 0.1) is 12.1 Å². The molecule has 0 fully saturated rings. The van der Waals surface area contributed by atoms with Crippen molar-refractivity contribution in [2.75, 3.05) is 0 Å². The number of pyridine rings is 2. The van der Waals surface area contributed by atoms with Gasteiger partial charge in [0.25, 0.3) is 0 Å². The SMILES string of the molecule is CCc1ccnc(-n2c3[c-]c(-c4[c-]c(Oc5ccccn5)ccc4)ccc3c3ccccc32)c1CC.[Pt+2]. The average molecular weight is 663 g/mol. The van der Waals surface area contributed by atoms with Gasteiger partial charge >= 0.3 is 21.1 Å². The predicted octanol–water partition coefficient (Wildman–Crippen LogP) is 7.76. The molecule has 3 aromatic heterocycles. The van der Waals surface area contributed by atoms with Crippen LogP contribution in [-0.4, -0.2) is 14.5 Å². The van der Waals surface area contributed by atoms with Crippen molar-refractivity contribution in [1.29, 1.82) is 0 Å². The van der Waals surface area contributed by atoms with Crippen LogP contribution in [0.5, 0.6) is 11.6 Å². The van der Waals surface area contributed by atoms with Crippen LogP contribution < -0.4 is 4.74 Å². The Morgan fingerprint density at radius 2 is 1.57 bits per heavy atom. The molecule has 0 N–H and O–H groups in total. The second-order valence-corrected chi connectivity index (χ2v) is 8.66. The van der Waals surface area contributed by atoms with Crippen LogP contribution in [0.1, 0.15) is 25.0 Å². The van der Waals surface area contributed by atoms with Gasteiger partial charge in [-0.25, -0.2) is 21.1 Å². The predicted molar refractivity (Wildman–Crippen MR) is 145 cm³/mol. The molecule has 0 saturated carbocycles. The van der Waals surface area contributed by atoms with Crippen molar-refractivity contribution in [3.63, 3.8) is 0 Å². The maximum Gasteiger partial charge on any atom is 2.00 e. The fourth-order valence-corrected chi connectivity index (χ4v) is 4.88. The van der Waals surface area contributed by atoms with E-state index in [4.69, 9.17) is 9.72 Å². The smallest absolute Gasteiger partial charge is 0.460 e. The summed E-state index contributed by atoms with van der Waals surface area (Å²) in [5, 5.41) is 2.35. The molecule has 6 aromatic rings. The Morgan fingerprint density at radius 3 is 2.38 bits per heavy atom. The van der Waals surface area contributed by atoms with E-state index in [2.05, 4.69) is 78.0 Å². The summed E-state index contributed by atoms with van der Waals surface area (Å²) in [6.45, 7) is 4.40. The number of para-hydroxylation sites is 1. The van der Waals surface area contributed by atoms with Gasteiger partial charge in [0.05, 0.1) is 0 Å². The van der Waals surface area contributed by atoms with Gasteiger partial charge < -0.3 is 9.30 Å². The quantitative estimate of drug-likeness (QED) is 0.171. The van der Waals surface area contributed by atoms with E-state index >= 15 is 0 Å². The zero-order chi connectivity index (χ0) is 24.5. The number of benzene rings is 3. The molecule has 0 unspecified atom stereocenters. The fourth-order valence-electron chi connectivity index (χ4n) is 4.88. The van der Waals surface area contributed by atoms with E-state index in [1.165, 1.54) is 16.5 Å². The summed E-state index contributed by atoms with van der Waals surface area (Å²) in [4.78, 5) is 9.13. The van der Waals surface area contributed by atoms with Gasteiger partial charge in [0.2, 0.25) is 5.88 Å². The van der Waals surface area contributed by atoms with Crippen LogP contribution in [0.3, 0.4) is 0 Å². The molecule has 0 aliphatic rings. The van der Waals surface area contributed by atoms with Gasteiger partial charge in [-0.3, -0.25) is 0 Å². The number of hydrogen-bond acceptors (Lipinski definition) is 3. The molecule has 184 valence electrons. The summed E-state index contributed by atoms with van der Waals surface area (Å²) >= 11 is 0. The Labute approximate surface area is 231 Å². The first-order chi connectivity index (χ1) is 17.8. The third kappa shape index (κ3) is 4.58. The molecule has 0 atom stereocenters. The molecule has 5 heteroatoms. The van der Waals surface area contributed by atoms with Crippen LogP contribution in [0.25, 0.3) is 38.8 Å². The molecular formula is C32H25N3OPt. The number of nitrogens with zero attached hydrogens (tertiary/aromatic N) is 3. The van der Waals surface area contributed by atoms with Crippen molar-refractivity contribution in [2.45, 2.75) is 26.7 Å². The fraction of sp³-hybridized carbons (Fsp3) is 0.125. The molecule has 0 saturated heterocycles. The number of ether oxygens (including phenoxy) is 1. The minimum Gasteiger partial charge on any atom is -0.460 e. The molecule has 3 heterocycles. The van der Waals surface area contributed by atoms with E-state index in [9.17, 15) is 0 Å². The topological polar surface area (TPSA) is 39.9 Å². The Kier molecular flexibility index (Phi) is 7.21. The van der Waals surface area contributed by atoms with Crippen LogP contribution >= 0.6 is 0 Å². The molecule has 3 aromatic carbocycles. The normalized spacial score (nSPS) is 11.0. The minimum absolute atomic E-state index is 0. The van der Waals surface area contributed by atoms with E-state index in [1.54, 1.807) is 6.20 Å². The second kappa shape index (κ2) is 10.7. The molecule has 0 spiro atoms. The van der Waals surface area contributed by atoms with E-state index < -0.39 is 0 Å². The summed E-state index contributed by atoms with van der Waals surface area (Å²) in [5.74, 6) is 2.14. The van der Waals surface area contributed by atoms with E-state index in [0.29, 0.717) is 11.6 Å². The molecule has 6 rings (SSSR count). The van der Waals surface area contributed by atoms with Crippen molar-refractivity contribution in [2.24, 2.45) is 0 Å². The van der Waals surface area contributed by atoms with Gasteiger partial charge in [-0.15, -0.1) is 18.2 Å². The molecular weight excluding hydrogens is 637 g/mol. The molecule has 4 nitrogen and oxygen atoms in total. The summed E-state index contributed by atoms with van der Waals surface area (Å²) < 4.78 is 8.19. The van der Waals surface area contributed by atoms with Crippen LogP contribution in [0.2, 0.25) is 0 Å². The van der Waals surface area contributed by atoms with Crippen molar-refractivity contribution in [1.82, 2.24) is 14.5 Å². The standard InChI is InChI=1S/C32H25N3O.Pt/c1-3-22-17-19-34-32(26(22)4-2)35-29-13-6-5-12-27(29)28-16-15-24(21-30(28)35)23-10-9-11-25(20-23)36-31-14-7-8-18-33-31;/h5-19H,3-4H2,1-2H3;/q-2;+2. The maximum absolute atomic E-state index is 5.93. The van der Waals surface area contributed by atoms with Crippen molar-refractivity contribution in [3.8, 4) is 28.6 Å². The van der Waals surface area contributed by atoms with E-state index in [0.717, 1.165) is 46.2 Å². The van der Waals surface area contributed by atoms with Crippen LogP contribution in [0.15, 0.2) is 91.3 Å². The molecule has 0 bridgehead atoms. The minimum atomic E-state index is 0. The van der Waals surface area contributed by atoms with Crippen molar-refractivity contribution < 1.29 is 25.8 Å². The number of aryl methyl sites for hydroxylation is 1. The first-order valence-electron chi connectivity index (χ1n) is 12.3.